The highest BCUT2D eigenvalue weighted by Gasteiger charge is 2.36. The van der Waals surface area contributed by atoms with Gasteiger partial charge in [0.1, 0.15) is 0 Å². The fourth-order valence-corrected chi connectivity index (χ4v) is 4.08. The molecule has 2 aromatic rings. The molecule has 1 aliphatic carbocycles. The monoisotopic (exact) mass is 295 g/mol. The summed E-state index contributed by atoms with van der Waals surface area (Å²) < 4.78 is 27.6. The molecule has 0 bridgehead atoms. The van der Waals surface area contributed by atoms with Crippen LogP contribution in [0.4, 0.5) is 8.78 Å². The number of alkyl halides is 2. The molecule has 3 rings (SSSR count). The van der Waals surface area contributed by atoms with Crippen LogP contribution in [0.15, 0.2) is 29.6 Å². The molecule has 0 spiro atoms. The van der Waals surface area contributed by atoms with Gasteiger partial charge in [-0.05, 0) is 47.6 Å². The lowest BCUT2D eigenvalue weighted by atomic mass is 9.80. The van der Waals surface area contributed by atoms with Crippen LogP contribution in [0.3, 0.4) is 0 Å². The van der Waals surface area contributed by atoms with Gasteiger partial charge >= 0.3 is 0 Å². The molecule has 4 heteroatoms. The number of halogens is 2. The number of thiophene rings is 1. The molecular formula is C16H19F2NS. The minimum absolute atomic E-state index is 0.00422. The highest BCUT2D eigenvalue weighted by Crippen LogP contribution is 2.38. The van der Waals surface area contributed by atoms with Gasteiger partial charge in [0.05, 0.1) is 0 Å². The number of hydrogen-bond acceptors (Lipinski definition) is 2. The lowest BCUT2D eigenvalue weighted by Crippen LogP contribution is -2.37. The average molecular weight is 295 g/mol. The number of nitrogens with two attached hydrogens (primary N) is 1. The lowest BCUT2D eigenvalue weighted by Gasteiger charge is -2.31. The fraction of sp³-hybridized carbons (Fsp3) is 0.500. The lowest BCUT2D eigenvalue weighted by molar-refractivity contribution is -0.0481. The van der Waals surface area contributed by atoms with Crippen LogP contribution in [0.1, 0.15) is 31.2 Å². The second kappa shape index (κ2) is 5.41. The highest BCUT2D eigenvalue weighted by atomic mass is 32.1. The minimum Gasteiger partial charge on any atom is -0.327 e. The van der Waals surface area contributed by atoms with Crippen molar-refractivity contribution in [2.45, 2.75) is 44.1 Å². The summed E-state index contributed by atoms with van der Waals surface area (Å²) in [6.45, 7) is 0. The SMILES string of the molecule is NC(Cc1csc2ccccc12)C1CCC(F)(F)CC1. The first-order chi connectivity index (χ1) is 9.55. The highest BCUT2D eigenvalue weighted by molar-refractivity contribution is 7.17. The Morgan fingerprint density at radius 3 is 2.70 bits per heavy atom. The molecule has 1 aromatic carbocycles. The number of benzene rings is 1. The van der Waals surface area contributed by atoms with Crippen molar-refractivity contribution >= 4 is 21.4 Å². The first-order valence-electron chi connectivity index (χ1n) is 7.14. The van der Waals surface area contributed by atoms with Crippen molar-refractivity contribution in [2.24, 2.45) is 11.7 Å². The van der Waals surface area contributed by atoms with Gasteiger partial charge in [-0.2, -0.15) is 0 Å². The van der Waals surface area contributed by atoms with Crippen molar-refractivity contribution < 1.29 is 8.78 Å². The van der Waals surface area contributed by atoms with E-state index in [9.17, 15) is 8.78 Å². The van der Waals surface area contributed by atoms with Crippen LogP contribution < -0.4 is 5.73 Å². The Labute approximate surface area is 121 Å². The van der Waals surface area contributed by atoms with Crippen molar-refractivity contribution in [3.8, 4) is 0 Å². The van der Waals surface area contributed by atoms with Gasteiger partial charge in [-0.3, -0.25) is 0 Å². The fourth-order valence-electron chi connectivity index (χ4n) is 3.10. The maximum atomic E-state index is 13.2. The van der Waals surface area contributed by atoms with E-state index in [2.05, 4.69) is 17.5 Å². The average Bonchev–Trinajstić information content (AvgIpc) is 2.82. The molecule has 1 fully saturated rings. The van der Waals surface area contributed by atoms with Crippen LogP contribution in [-0.2, 0) is 6.42 Å². The summed E-state index contributed by atoms with van der Waals surface area (Å²) in [4.78, 5) is 0. The molecule has 1 nitrogen and oxygen atoms in total. The maximum Gasteiger partial charge on any atom is 0.248 e. The number of rotatable bonds is 3. The third kappa shape index (κ3) is 2.86. The molecule has 1 aliphatic rings. The molecule has 1 atom stereocenters. The van der Waals surface area contributed by atoms with E-state index in [4.69, 9.17) is 5.73 Å². The summed E-state index contributed by atoms with van der Waals surface area (Å²) in [7, 11) is 0. The number of fused-ring (bicyclic) bond motifs is 1. The molecule has 1 unspecified atom stereocenters. The van der Waals surface area contributed by atoms with Crippen molar-refractivity contribution in [3.05, 3.63) is 35.2 Å². The normalized spacial score (nSPS) is 21.1. The molecule has 1 heterocycles. The minimum atomic E-state index is -2.47. The van der Waals surface area contributed by atoms with Gasteiger partial charge in [0.25, 0.3) is 0 Å². The Balaban J connectivity index is 1.69. The van der Waals surface area contributed by atoms with Gasteiger partial charge in [-0.1, -0.05) is 18.2 Å². The quantitative estimate of drug-likeness (QED) is 0.880. The Kier molecular flexibility index (Phi) is 3.78. The van der Waals surface area contributed by atoms with Gasteiger partial charge < -0.3 is 5.73 Å². The van der Waals surface area contributed by atoms with Gasteiger partial charge in [-0.25, -0.2) is 8.78 Å². The third-order valence-electron chi connectivity index (χ3n) is 4.38. The van der Waals surface area contributed by atoms with E-state index in [1.54, 1.807) is 11.3 Å². The number of hydrogen-bond donors (Lipinski definition) is 1. The third-order valence-corrected chi connectivity index (χ3v) is 5.40. The Hall–Kier alpha value is -1.00. The van der Waals surface area contributed by atoms with Crippen LogP contribution in [0.2, 0.25) is 0 Å². The van der Waals surface area contributed by atoms with Crippen LogP contribution in [0, 0.1) is 5.92 Å². The van der Waals surface area contributed by atoms with Crippen LogP contribution in [0.5, 0.6) is 0 Å². The molecule has 0 radical (unpaired) electrons. The Morgan fingerprint density at radius 2 is 1.95 bits per heavy atom. The topological polar surface area (TPSA) is 26.0 Å². The first kappa shape index (κ1) is 14.0. The zero-order valence-electron chi connectivity index (χ0n) is 11.3. The Morgan fingerprint density at radius 1 is 1.25 bits per heavy atom. The summed E-state index contributed by atoms with van der Waals surface area (Å²) in [6.07, 6.45) is 1.89. The predicted molar refractivity (Wildman–Crippen MR) is 80.4 cm³/mol. The second-order valence-corrected chi connectivity index (χ2v) is 6.73. The van der Waals surface area contributed by atoms with Crippen molar-refractivity contribution in [1.82, 2.24) is 0 Å². The largest absolute Gasteiger partial charge is 0.327 e. The molecule has 1 aromatic heterocycles. The smallest absolute Gasteiger partial charge is 0.248 e. The summed E-state index contributed by atoms with van der Waals surface area (Å²) >= 11 is 1.73. The van der Waals surface area contributed by atoms with E-state index >= 15 is 0 Å². The van der Waals surface area contributed by atoms with E-state index in [0.717, 1.165) is 6.42 Å². The van der Waals surface area contributed by atoms with Crippen molar-refractivity contribution in [1.29, 1.82) is 0 Å². The van der Waals surface area contributed by atoms with Crippen molar-refractivity contribution in [2.75, 3.05) is 0 Å². The molecule has 108 valence electrons. The van der Waals surface area contributed by atoms with E-state index in [1.165, 1.54) is 15.6 Å². The van der Waals surface area contributed by atoms with Crippen LogP contribution in [-0.4, -0.2) is 12.0 Å². The summed E-state index contributed by atoms with van der Waals surface area (Å²) in [5.74, 6) is -2.24. The summed E-state index contributed by atoms with van der Waals surface area (Å²) in [5.41, 5.74) is 7.54. The summed E-state index contributed by atoms with van der Waals surface area (Å²) in [6, 6.07) is 8.28. The standard InChI is InChI=1S/C16H19F2NS/c17-16(18)7-5-11(6-8-16)14(19)9-12-10-20-15-4-2-1-3-13(12)15/h1-4,10-11,14H,5-9,19H2. The van der Waals surface area contributed by atoms with Gasteiger partial charge in [0.2, 0.25) is 5.92 Å². The zero-order chi connectivity index (χ0) is 14.2. The molecule has 20 heavy (non-hydrogen) atoms. The van der Waals surface area contributed by atoms with Crippen LogP contribution in [0.25, 0.3) is 10.1 Å². The summed E-state index contributed by atoms with van der Waals surface area (Å²) in [5, 5.41) is 3.41. The van der Waals surface area contributed by atoms with E-state index < -0.39 is 5.92 Å². The van der Waals surface area contributed by atoms with E-state index in [-0.39, 0.29) is 24.8 Å². The molecular weight excluding hydrogens is 276 g/mol. The maximum absolute atomic E-state index is 13.2. The molecule has 0 amide bonds. The molecule has 0 saturated heterocycles. The van der Waals surface area contributed by atoms with E-state index in [0.29, 0.717) is 12.8 Å². The molecule has 1 saturated carbocycles. The van der Waals surface area contributed by atoms with Crippen LogP contribution >= 0.6 is 11.3 Å². The van der Waals surface area contributed by atoms with Gasteiger partial charge in [-0.15, -0.1) is 11.3 Å². The predicted octanol–water partition coefficient (Wildman–Crippen LogP) is 4.60. The van der Waals surface area contributed by atoms with Gasteiger partial charge in [0, 0.05) is 23.6 Å². The molecule has 2 N–H and O–H groups in total. The Bertz CT molecular complexity index is 583. The van der Waals surface area contributed by atoms with E-state index in [1.807, 2.05) is 12.1 Å². The first-order valence-corrected chi connectivity index (χ1v) is 8.02. The second-order valence-electron chi connectivity index (χ2n) is 5.82. The molecule has 0 aliphatic heterocycles. The zero-order valence-corrected chi connectivity index (χ0v) is 12.1. The van der Waals surface area contributed by atoms with Crippen molar-refractivity contribution in [3.63, 3.8) is 0 Å². The van der Waals surface area contributed by atoms with Gasteiger partial charge in [0.15, 0.2) is 0 Å².